The number of benzene rings is 2. The van der Waals surface area contributed by atoms with Crippen molar-refractivity contribution >= 4 is 40.7 Å². The van der Waals surface area contributed by atoms with Crippen LogP contribution in [-0.4, -0.2) is 67.0 Å². The van der Waals surface area contributed by atoms with Gasteiger partial charge in [-0.2, -0.15) is 0 Å². The van der Waals surface area contributed by atoms with Crippen molar-refractivity contribution in [2.45, 2.75) is 50.5 Å². The Bertz CT molecular complexity index is 1240. The average Bonchev–Trinajstić information content (AvgIpc) is 3.19. The first-order valence-corrected chi connectivity index (χ1v) is 14.3. The zero-order valence-electron chi connectivity index (χ0n) is 22.0. The second kappa shape index (κ2) is 11.4. The number of rotatable bonds is 7. The van der Waals surface area contributed by atoms with Crippen LogP contribution in [-0.2, 0) is 19.7 Å². The van der Waals surface area contributed by atoms with Gasteiger partial charge >= 0.3 is 0 Å². The van der Waals surface area contributed by atoms with Gasteiger partial charge in [0.1, 0.15) is 5.41 Å². The summed E-state index contributed by atoms with van der Waals surface area (Å²) in [5.41, 5.74) is 2.58. The molecule has 0 aliphatic carbocycles. The summed E-state index contributed by atoms with van der Waals surface area (Å²) < 4.78 is 5.49. The molecule has 3 unspecified atom stereocenters. The number of halogens is 2. The van der Waals surface area contributed by atoms with Crippen molar-refractivity contribution in [2.24, 2.45) is 0 Å². The van der Waals surface area contributed by atoms with Crippen LogP contribution >= 0.6 is 23.2 Å². The third-order valence-corrected chi connectivity index (χ3v) is 8.87. The Kier molecular flexibility index (Phi) is 8.15. The van der Waals surface area contributed by atoms with Gasteiger partial charge in [0.05, 0.1) is 19.3 Å². The Labute approximate surface area is 234 Å². The number of allylic oxidation sites excluding steroid dienone is 1. The van der Waals surface area contributed by atoms with Gasteiger partial charge in [0.25, 0.3) is 0 Å². The number of fused-ring (bicyclic) bond motifs is 2. The third-order valence-electron chi connectivity index (χ3n) is 8.40. The number of ether oxygens (including phenoxy) is 1. The predicted octanol–water partition coefficient (Wildman–Crippen LogP) is 5.65. The number of hydrogen-bond acceptors (Lipinski definition) is 4. The van der Waals surface area contributed by atoms with Gasteiger partial charge in [-0.3, -0.25) is 14.5 Å². The maximum Gasteiger partial charge on any atom is 0.238 e. The fourth-order valence-electron chi connectivity index (χ4n) is 6.67. The van der Waals surface area contributed by atoms with Crippen molar-refractivity contribution < 1.29 is 14.3 Å². The Morgan fingerprint density at radius 3 is 2.58 bits per heavy atom. The standard InChI is InChI=1S/C30H35Cl2N3O3/c1-3-20(4-2)28-30(24-10-9-23(32)18-26(24)33-29(30)37)25(21-7-5-8-22(31)17-21)19-27(36)35(28)12-6-11-34-13-15-38-16-14-34/h3,5,7-10,17-18,25,28H,4,6,11-16,19H2,1-2H3,(H,33,37). The second-order valence-corrected chi connectivity index (χ2v) is 11.2. The summed E-state index contributed by atoms with van der Waals surface area (Å²) in [5.74, 6) is -0.406. The number of likely N-dealkylation sites (tertiary alicyclic amines) is 1. The van der Waals surface area contributed by atoms with E-state index in [9.17, 15) is 9.59 Å². The molecule has 2 fully saturated rings. The maximum absolute atomic E-state index is 14.3. The molecule has 2 aromatic rings. The third kappa shape index (κ3) is 4.77. The van der Waals surface area contributed by atoms with Crippen LogP contribution in [0.1, 0.15) is 50.2 Å². The fourth-order valence-corrected chi connectivity index (χ4v) is 7.05. The SMILES string of the molecule is CC=C(CC)C1N(CCCN2CCOCC2)C(=O)CC(c2cccc(Cl)c2)C12C(=O)Nc1cc(Cl)ccc12. The molecular weight excluding hydrogens is 521 g/mol. The zero-order valence-corrected chi connectivity index (χ0v) is 23.5. The molecule has 8 heteroatoms. The molecule has 2 saturated heterocycles. The first kappa shape index (κ1) is 27.2. The number of anilines is 1. The molecule has 2 aromatic carbocycles. The van der Waals surface area contributed by atoms with Crippen molar-refractivity contribution in [1.29, 1.82) is 0 Å². The summed E-state index contributed by atoms with van der Waals surface area (Å²) in [6.45, 7) is 8.87. The summed E-state index contributed by atoms with van der Waals surface area (Å²) in [7, 11) is 0. The summed E-state index contributed by atoms with van der Waals surface area (Å²) in [5, 5.41) is 4.30. The van der Waals surface area contributed by atoms with Crippen molar-refractivity contribution in [3.8, 4) is 0 Å². The number of nitrogens with one attached hydrogen (secondary N) is 1. The van der Waals surface area contributed by atoms with Gasteiger partial charge in [-0.25, -0.2) is 0 Å². The molecule has 1 spiro atoms. The quantitative estimate of drug-likeness (QED) is 0.448. The lowest BCUT2D eigenvalue weighted by Gasteiger charge is -2.52. The van der Waals surface area contributed by atoms with E-state index in [0.717, 1.165) is 62.4 Å². The molecule has 202 valence electrons. The van der Waals surface area contributed by atoms with Crippen molar-refractivity contribution in [2.75, 3.05) is 44.7 Å². The number of amides is 2. The number of carbonyl (C=O) groups is 2. The minimum atomic E-state index is -1.00. The smallest absolute Gasteiger partial charge is 0.238 e. The van der Waals surface area contributed by atoms with Gasteiger partial charge in [0.15, 0.2) is 0 Å². The van der Waals surface area contributed by atoms with Gasteiger partial charge in [-0.05, 0) is 55.2 Å². The Morgan fingerprint density at radius 1 is 1.11 bits per heavy atom. The Hall–Kier alpha value is -2.38. The highest BCUT2D eigenvalue weighted by Gasteiger charge is 2.63. The van der Waals surface area contributed by atoms with E-state index < -0.39 is 11.5 Å². The molecule has 38 heavy (non-hydrogen) atoms. The molecule has 3 aliphatic heterocycles. The molecule has 3 aliphatic rings. The van der Waals surface area contributed by atoms with Gasteiger partial charge in [-0.15, -0.1) is 0 Å². The largest absolute Gasteiger partial charge is 0.379 e. The number of carbonyl (C=O) groups excluding carboxylic acids is 2. The molecule has 0 saturated carbocycles. The summed E-state index contributed by atoms with van der Waals surface area (Å²) in [4.78, 5) is 32.7. The normalized spacial score (nSPS) is 26.1. The molecule has 5 rings (SSSR count). The molecule has 3 atom stereocenters. The van der Waals surface area contributed by atoms with E-state index in [0.29, 0.717) is 22.3 Å². The van der Waals surface area contributed by atoms with E-state index in [1.54, 1.807) is 0 Å². The van der Waals surface area contributed by atoms with E-state index in [1.165, 1.54) is 0 Å². The lowest BCUT2D eigenvalue weighted by molar-refractivity contribution is -0.143. The van der Waals surface area contributed by atoms with E-state index in [4.69, 9.17) is 27.9 Å². The number of hydrogen-bond donors (Lipinski definition) is 1. The average molecular weight is 557 g/mol. The van der Waals surface area contributed by atoms with E-state index in [1.807, 2.05) is 54.3 Å². The van der Waals surface area contributed by atoms with Crippen molar-refractivity contribution in [3.05, 3.63) is 75.3 Å². The van der Waals surface area contributed by atoms with E-state index in [-0.39, 0.29) is 24.2 Å². The highest BCUT2D eigenvalue weighted by molar-refractivity contribution is 6.31. The topological polar surface area (TPSA) is 61.9 Å². The van der Waals surface area contributed by atoms with Crippen LogP contribution in [0.2, 0.25) is 10.0 Å². The monoisotopic (exact) mass is 555 g/mol. The van der Waals surface area contributed by atoms with Crippen LogP contribution in [0.3, 0.4) is 0 Å². The van der Waals surface area contributed by atoms with E-state index >= 15 is 0 Å². The second-order valence-electron chi connectivity index (χ2n) is 10.3. The molecule has 1 N–H and O–H groups in total. The fraction of sp³-hybridized carbons (Fsp3) is 0.467. The number of piperidine rings is 1. The first-order chi connectivity index (χ1) is 18.4. The van der Waals surface area contributed by atoms with Crippen LogP contribution in [0.25, 0.3) is 0 Å². The highest BCUT2D eigenvalue weighted by atomic mass is 35.5. The van der Waals surface area contributed by atoms with Crippen LogP contribution in [0.15, 0.2) is 54.1 Å². The molecule has 2 amide bonds. The molecule has 0 bridgehead atoms. The lowest BCUT2D eigenvalue weighted by atomic mass is 9.58. The summed E-state index contributed by atoms with van der Waals surface area (Å²) >= 11 is 12.8. The number of morpholine rings is 1. The van der Waals surface area contributed by atoms with Crippen LogP contribution in [0.5, 0.6) is 0 Å². The summed E-state index contributed by atoms with van der Waals surface area (Å²) in [6, 6.07) is 12.8. The first-order valence-electron chi connectivity index (χ1n) is 13.5. The Morgan fingerprint density at radius 2 is 1.87 bits per heavy atom. The number of nitrogens with zero attached hydrogens (tertiary/aromatic N) is 2. The molecular formula is C30H35Cl2N3O3. The maximum atomic E-state index is 14.3. The van der Waals surface area contributed by atoms with Crippen molar-refractivity contribution in [3.63, 3.8) is 0 Å². The van der Waals surface area contributed by atoms with Crippen LogP contribution in [0.4, 0.5) is 5.69 Å². The minimum Gasteiger partial charge on any atom is -0.379 e. The predicted molar refractivity (Wildman–Crippen MR) is 152 cm³/mol. The molecule has 0 radical (unpaired) electrons. The Balaban J connectivity index is 1.63. The van der Waals surface area contributed by atoms with Crippen LogP contribution in [0, 0.1) is 0 Å². The van der Waals surface area contributed by atoms with Gasteiger partial charge in [0, 0.05) is 54.3 Å². The molecule has 0 aromatic heterocycles. The molecule has 6 nitrogen and oxygen atoms in total. The van der Waals surface area contributed by atoms with Gasteiger partial charge in [0.2, 0.25) is 11.8 Å². The highest BCUT2D eigenvalue weighted by Crippen LogP contribution is 2.57. The summed E-state index contributed by atoms with van der Waals surface area (Å²) in [6.07, 6.45) is 3.87. The van der Waals surface area contributed by atoms with E-state index in [2.05, 4.69) is 23.2 Å². The molecule has 3 heterocycles. The lowest BCUT2D eigenvalue weighted by Crippen LogP contribution is -2.64. The van der Waals surface area contributed by atoms with Crippen molar-refractivity contribution in [1.82, 2.24) is 9.80 Å². The van der Waals surface area contributed by atoms with Gasteiger partial charge in [-0.1, -0.05) is 60.0 Å². The van der Waals surface area contributed by atoms with Crippen LogP contribution < -0.4 is 5.32 Å². The zero-order chi connectivity index (χ0) is 26.9. The minimum absolute atomic E-state index is 0.0654. The van der Waals surface area contributed by atoms with Gasteiger partial charge < -0.3 is 15.0 Å².